The van der Waals surface area contributed by atoms with E-state index in [-0.39, 0.29) is 6.04 Å². The molecular weight excluding hydrogens is 298 g/mol. The van der Waals surface area contributed by atoms with E-state index in [0.717, 1.165) is 41.2 Å². The summed E-state index contributed by atoms with van der Waals surface area (Å²) in [6, 6.07) is 0.134. The van der Waals surface area contributed by atoms with E-state index in [1.54, 1.807) is 17.7 Å². The van der Waals surface area contributed by atoms with Gasteiger partial charge < -0.3 is 9.42 Å². The Labute approximate surface area is 132 Å². The number of thiophene rings is 1. The number of fused-ring (bicyclic) bond motifs is 1. The Bertz CT molecular complexity index is 840. The summed E-state index contributed by atoms with van der Waals surface area (Å²) in [5.74, 6) is 2.36. The zero-order chi connectivity index (χ0) is 15.3. The predicted molar refractivity (Wildman–Crippen MR) is 85.2 cm³/mol. The normalized spacial score (nSPS) is 18.5. The second kappa shape index (κ2) is 5.01. The maximum Gasteiger partial charge on any atom is 0.223 e. The lowest BCUT2D eigenvalue weighted by Crippen LogP contribution is -2.24. The highest BCUT2D eigenvalue weighted by molar-refractivity contribution is 7.18. The van der Waals surface area contributed by atoms with Crippen LogP contribution in [0.2, 0.25) is 0 Å². The Morgan fingerprint density at radius 3 is 2.91 bits per heavy atom. The monoisotopic (exact) mass is 315 g/mol. The van der Waals surface area contributed by atoms with Crippen molar-refractivity contribution >= 4 is 27.4 Å². The van der Waals surface area contributed by atoms with Gasteiger partial charge in [-0.2, -0.15) is 4.98 Å². The molecule has 0 unspecified atom stereocenters. The molecule has 0 saturated carbocycles. The van der Waals surface area contributed by atoms with Gasteiger partial charge in [0.25, 0.3) is 0 Å². The van der Waals surface area contributed by atoms with Gasteiger partial charge in [0, 0.05) is 18.3 Å². The number of hydrogen-bond acceptors (Lipinski definition) is 7. The van der Waals surface area contributed by atoms with E-state index in [0.29, 0.717) is 5.89 Å². The van der Waals surface area contributed by atoms with Crippen LogP contribution in [0.1, 0.15) is 41.0 Å². The van der Waals surface area contributed by atoms with E-state index in [1.165, 1.54) is 10.4 Å². The van der Waals surface area contributed by atoms with Gasteiger partial charge in [0.2, 0.25) is 5.89 Å². The SMILES string of the molecule is Cc1nc([C@@H]2CCCN2c2ncnc3sc(C)c(C)c23)no1. The lowest BCUT2D eigenvalue weighted by molar-refractivity contribution is 0.383. The maximum atomic E-state index is 5.16. The van der Waals surface area contributed by atoms with Crippen molar-refractivity contribution in [3.8, 4) is 0 Å². The number of nitrogens with zero attached hydrogens (tertiary/aromatic N) is 5. The third-order valence-electron chi connectivity index (χ3n) is 4.31. The largest absolute Gasteiger partial charge is 0.346 e. The molecule has 0 amide bonds. The van der Waals surface area contributed by atoms with Crippen LogP contribution in [0.5, 0.6) is 0 Å². The van der Waals surface area contributed by atoms with E-state index in [2.05, 4.69) is 38.9 Å². The second-order valence-corrected chi connectivity index (χ2v) is 6.89. The third-order valence-corrected chi connectivity index (χ3v) is 5.43. The smallest absolute Gasteiger partial charge is 0.223 e. The Balaban J connectivity index is 1.84. The number of aryl methyl sites for hydroxylation is 3. The molecule has 0 spiro atoms. The maximum absolute atomic E-state index is 5.16. The lowest BCUT2D eigenvalue weighted by atomic mass is 10.1. The van der Waals surface area contributed by atoms with E-state index in [1.807, 2.05) is 6.92 Å². The van der Waals surface area contributed by atoms with Crippen molar-refractivity contribution in [3.05, 3.63) is 28.5 Å². The lowest BCUT2D eigenvalue weighted by Gasteiger charge is -2.24. The molecule has 4 heterocycles. The Morgan fingerprint density at radius 2 is 2.14 bits per heavy atom. The van der Waals surface area contributed by atoms with Crippen LogP contribution in [-0.4, -0.2) is 26.7 Å². The van der Waals surface area contributed by atoms with Gasteiger partial charge in [-0.3, -0.25) is 0 Å². The summed E-state index contributed by atoms with van der Waals surface area (Å²) in [6.07, 6.45) is 3.78. The fraction of sp³-hybridized carbons (Fsp3) is 0.467. The van der Waals surface area contributed by atoms with Gasteiger partial charge in [-0.15, -0.1) is 11.3 Å². The number of aromatic nitrogens is 4. The Hall–Kier alpha value is -2.02. The molecular formula is C15H17N5OS. The first-order valence-electron chi connectivity index (χ1n) is 7.42. The minimum absolute atomic E-state index is 0.134. The molecule has 0 N–H and O–H groups in total. The molecule has 3 aromatic heterocycles. The van der Waals surface area contributed by atoms with Gasteiger partial charge in [-0.25, -0.2) is 9.97 Å². The average Bonchev–Trinajstić information content (AvgIpc) is 3.19. The average molecular weight is 315 g/mol. The summed E-state index contributed by atoms with van der Waals surface area (Å²) in [5, 5.41) is 5.28. The van der Waals surface area contributed by atoms with Crippen molar-refractivity contribution in [1.29, 1.82) is 0 Å². The molecule has 0 radical (unpaired) electrons. The van der Waals surface area contributed by atoms with E-state index in [4.69, 9.17) is 4.52 Å². The molecule has 0 aromatic carbocycles. The molecule has 4 rings (SSSR count). The van der Waals surface area contributed by atoms with Gasteiger partial charge in [0.15, 0.2) is 5.82 Å². The molecule has 7 heteroatoms. The number of anilines is 1. The van der Waals surface area contributed by atoms with Crippen molar-refractivity contribution in [1.82, 2.24) is 20.1 Å². The first-order chi connectivity index (χ1) is 10.6. The highest BCUT2D eigenvalue weighted by Gasteiger charge is 2.32. The summed E-state index contributed by atoms with van der Waals surface area (Å²) in [4.78, 5) is 18.1. The quantitative estimate of drug-likeness (QED) is 0.722. The van der Waals surface area contributed by atoms with Gasteiger partial charge in [-0.05, 0) is 32.3 Å². The van der Waals surface area contributed by atoms with Crippen LogP contribution >= 0.6 is 11.3 Å². The van der Waals surface area contributed by atoms with Gasteiger partial charge in [0.05, 0.1) is 11.4 Å². The van der Waals surface area contributed by atoms with Crippen molar-refractivity contribution < 1.29 is 4.52 Å². The summed E-state index contributed by atoms with van der Waals surface area (Å²) in [5.41, 5.74) is 1.27. The second-order valence-electron chi connectivity index (χ2n) is 5.68. The zero-order valence-corrected chi connectivity index (χ0v) is 13.6. The van der Waals surface area contributed by atoms with Crippen LogP contribution in [0.4, 0.5) is 5.82 Å². The highest BCUT2D eigenvalue weighted by atomic mass is 32.1. The number of hydrogen-bond donors (Lipinski definition) is 0. The molecule has 1 atom stereocenters. The Morgan fingerprint density at radius 1 is 1.27 bits per heavy atom. The molecule has 1 aliphatic heterocycles. The summed E-state index contributed by atoms with van der Waals surface area (Å²) >= 11 is 1.73. The van der Waals surface area contributed by atoms with Crippen LogP contribution in [0.3, 0.4) is 0 Å². The molecule has 1 fully saturated rings. The molecule has 114 valence electrons. The van der Waals surface area contributed by atoms with Crippen LogP contribution in [0.15, 0.2) is 10.9 Å². The molecule has 6 nitrogen and oxygen atoms in total. The van der Waals surface area contributed by atoms with Crippen LogP contribution in [0.25, 0.3) is 10.2 Å². The van der Waals surface area contributed by atoms with Crippen molar-refractivity contribution in [2.45, 2.75) is 39.7 Å². The first-order valence-corrected chi connectivity index (χ1v) is 8.24. The zero-order valence-electron chi connectivity index (χ0n) is 12.8. The minimum atomic E-state index is 0.134. The summed E-state index contributed by atoms with van der Waals surface area (Å²) < 4.78 is 5.16. The predicted octanol–water partition coefficient (Wildman–Crippen LogP) is 3.34. The first kappa shape index (κ1) is 13.6. The highest BCUT2D eigenvalue weighted by Crippen LogP contribution is 2.40. The molecule has 1 saturated heterocycles. The van der Waals surface area contributed by atoms with Gasteiger partial charge >= 0.3 is 0 Å². The van der Waals surface area contributed by atoms with Crippen LogP contribution in [-0.2, 0) is 0 Å². The molecule has 22 heavy (non-hydrogen) atoms. The van der Waals surface area contributed by atoms with E-state index >= 15 is 0 Å². The van der Waals surface area contributed by atoms with E-state index < -0.39 is 0 Å². The summed E-state index contributed by atoms with van der Waals surface area (Å²) in [6.45, 7) is 7.06. The van der Waals surface area contributed by atoms with Crippen LogP contribution in [0, 0.1) is 20.8 Å². The Kier molecular flexibility index (Phi) is 3.11. The molecule has 1 aliphatic rings. The summed E-state index contributed by atoms with van der Waals surface area (Å²) in [7, 11) is 0. The molecule has 0 aliphatic carbocycles. The fourth-order valence-electron chi connectivity index (χ4n) is 3.12. The fourth-order valence-corrected chi connectivity index (χ4v) is 4.11. The van der Waals surface area contributed by atoms with Gasteiger partial charge in [-0.1, -0.05) is 5.16 Å². The third kappa shape index (κ3) is 1.99. The standard InChI is InChI=1S/C15H17N5OS/c1-8-9(2)22-15-12(8)14(16-7-17-15)20-6-4-5-11(20)13-18-10(3)21-19-13/h7,11H,4-6H2,1-3H3/t11-/m0/s1. The van der Waals surface area contributed by atoms with Crippen LogP contribution < -0.4 is 4.90 Å². The topological polar surface area (TPSA) is 67.9 Å². The van der Waals surface area contributed by atoms with Crippen molar-refractivity contribution in [2.24, 2.45) is 0 Å². The van der Waals surface area contributed by atoms with E-state index in [9.17, 15) is 0 Å². The number of rotatable bonds is 2. The van der Waals surface area contributed by atoms with Crippen molar-refractivity contribution in [2.75, 3.05) is 11.4 Å². The minimum Gasteiger partial charge on any atom is -0.346 e. The molecule has 0 bridgehead atoms. The van der Waals surface area contributed by atoms with Gasteiger partial charge in [0.1, 0.15) is 17.0 Å². The molecule has 3 aromatic rings. The van der Waals surface area contributed by atoms with Crippen molar-refractivity contribution in [3.63, 3.8) is 0 Å².